The second-order valence-electron chi connectivity index (χ2n) is 7.36. The van der Waals surface area contributed by atoms with Crippen molar-refractivity contribution in [1.82, 2.24) is 5.32 Å². The number of nitrogens with zero attached hydrogens (tertiary/aromatic N) is 1. The van der Waals surface area contributed by atoms with Crippen LogP contribution in [0.25, 0.3) is 10.8 Å². The number of nitrogens with two attached hydrogens (primary N) is 1. The Bertz CT molecular complexity index is 1190. The third-order valence-corrected chi connectivity index (χ3v) is 6.29. The van der Waals surface area contributed by atoms with Crippen LogP contribution in [0.5, 0.6) is 0 Å². The lowest BCUT2D eigenvalue weighted by Crippen LogP contribution is -2.37. The summed E-state index contributed by atoms with van der Waals surface area (Å²) >= 11 is 0. The first-order valence-electron chi connectivity index (χ1n) is 9.50. The number of amides is 1. The van der Waals surface area contributed by atoms with Gasteiger partial charge >= 0.3 is 0 Å². The Morgan fingerprint density at radius 2 is 1.90 bits per heavy atom. The van der Waals surface area contributed by atoms with Gasteiger partial charge in [0.05, 0.1) is 17.5 Å². The largest absolute Gasteiger partial charge is 0.362 e. The maximum Gasteiger partial charge on any atom is 0.239 e. The monoisotopic (exact) mass is 409 g/mol. The first-order chi connectivity index (χ1) is 13.8. The fraction of sp³-hybridized carbons (Fsp3) is 0.227. The van der Waals surface area contributed by atoms with Crippen LogP contribution in [-0.4, -0.2) is 27.4 Å². The number of anilines is 1. The standard InChI is InChI=1S/C22H23N3O3S/c1-15(19-8-4-6-16-5-2-3-7-20(16)19)24-22(26)14-25-12-11-17-9-10-18(13-21(17)25)29(23,27)28/h2-10,13,15H,11-12,14H2,1H3,(H,24,26)(H2,23,27,28). The average molecular weight is 410 g/mol. The van der Waals surface area contributed by atoms with Gasteiger partial charge in [-0.05, 0) is 47.4 Å². The van der Waals surface area contributed by atoms with Crippen LogP contribution in [0.15, 0.2) is 65.6 Å². The molecule has 0 fully saturated rings. The molecule has 3 N–H and O–H groups in total. The van der Waals surface area contributed by atoms with Crippen LogP contribution in [0.4, 0.5) is 5.69 Å². The highest BCUT2D eigenvalue weighted by Gasteiger charge is 2.24. The van der Waals surface area contributed by atoms with Crippen LogP contribution in [0, 0.1) is 0 Å². The van der Waals surface area contributed by atoms with Crippen LogP contribution in [0.3, 0.4) is 0 Å². The first kappa shape index (κ1) is 19.4. The van der Waals surface area contributed by atoms with Crippen molar-refractivity contribution in [2.45, 2.75) is 24.3 Å². The summed E-state index contributed by atoms with van der Waals surface area (Å²) in [6.07, 6.45) is 0.770. The van der Waals surface area contributed by atoms with E-state index in [0.29, 0.717) is 6.54 Å². The molecular formula is C22H23N3O3S. The summed E-state index contributed by atoms with van der Waals surface area (Å²) in [4.78, 5) is 14.7. The van der Waals surface area contributed by atoms with Crippen LogP contribution in [-0.2, 0) is 21.2 Å². The summed E-state index contributed by atoms with van der Waals surface area (Å²) in [5.41, 5.74) is 2.84. The number of sulfonamides is 1. The smallest absolute Gasteiger partial charge is 0.239 e. The number of nitrogens with one attached hydrogen (secondary N) is 1. The molecule has 1 unspecified atom stereocenters. The van der Waals surface area contributed by atoms with E-state index < -0.39 is 10.0 Å². The first-order valence-corrected chi connectivity index (χ1v) is 11.1. The molecule has 29 heavy (non-hydrogen) atoms. The van der Waals surface area contributed by atoms with Gasteiger partial charge in [-0.3, -0.25) is 4.79 Å². The van der Waals surface area contributed by atoms with E-state index in [4.69, 9.17) is 5.14 Å². The van der Waals surface area contributed by atoms with E-state index in [1.54, 1.807) is 12.1 Å². The number of carbonyl (C=O) groups excluding carboxylic acids is 1. The average Bonchev–Trinajstić information content (AvgIpc) is 3.08. The van der Waals surface area contributed by atoms with Crippen molar-refractivity contribution in [3.05, 3.63) is 71.8 Å². The zero-order valence-electron chi connectivity index (χ0n) is 16.1. The second-order valence-corrected chi connectivity index (χ2v) is 8.93. The molecule has 1 aliphatic rings. The van der Waals surface area contributed by atoms with Gasteiger partial charge in [-0.15, -0.1) is 0 Å². The molecule has 1 atom stereocenters. The molecular weight excluding hydrogens is 386 g/mol. The van der Waals surface area contributed by atoms with Crippen molar-refractivity contribution in [2.75, 3.05) is 18.0 Å². The molecule has 0 saturated heterocycles. The van der Waals surface area contributed by atoms with Gasteiger partial charge < -0.3 is 10.2 Å². The topological polar surface area (TPSA) is 92.5 Å². The molecule has 0 radical (unpaired) electrons. The number of rotatable bonds is 5. The maximum atomic E-state index is 12.7. The summed E-state index contributed by atoms with van der Waals surface area (Å²) < 4.78 is 23.3. The number of carbonyl (C=O) groups is 1. The Hall–Kier alpha value is -2.90. The number of benzene rings is 3. The fourth-order valence-electron chi connectivity index (χ4n) is 3.93. The van der Waals surface area contributed by atoms with Crippen LogP contribution < -0.4 is 15.4 Å². The molecule has 1 heterocycles. The zero-order chi connectivity index (χ0) is 20.6. The minimum Gasteiger partial charge on any atom is -0.362 e. The summed E-state index contributed by atoms with van der Waals surface area (Å²) in [7, 11) is -3.78. The SMILES string of the molecule is CC(NC(=O)CN1CCc2ccc(S(N)(=O)=O)cc21)c1cccc2ccccc12. The maximum absolute atomic E-state index is 12.7. The molecule has 0 spiro atoms. The van der Waals surface area contributed by atoms with Crippen LogP contribution in [0.2, 0.25) is 0 Å². The molecule has 3 aromatic rings. The van der Waals surface area contributed by atoms with E-state index in [0.717, 1.165) is 34.0 Å². The zero-order valence-corrected chi connectivity index (χ0v) is 16.9. The molecule has 4 rings (SSSR count). The third kappa shape index (κ3) is 3.97. The van der Waals surface area contributed by atoms with Gasteiger partial charge in [0.2, 0.25) is 15.9 Å². The van der Waals surface area contributed by atoms with Crippen molar-refractivity contribution in [2.24, 2.45) is 5.14 Å². The Kier molecular flexibility index (Phi) is 5.02. The van der Waals surface area contributed by atoms with E-state index in [1.165, 1.54) is 6.07 Å². The number of hydrogen-bond acceptors (Lipinski definition) is 4. The van der Waals surface area contributed by atoms with Crippen LogP contribution >= 0.6 is 0 Å². The fourth-order valence-corrected chi connectivity index (χ4v) is 4.47. The molecule has 1 amide bonds. The lowest BCUT2D eigenvalue weighted by atomic mass is 10.00. The van der Waals surface area contributed by atoms with Gasteiger partial charge in [0.1, 0.15) is 0 Å². The van der Waals surface area contributed by atoms with E-state index in [-0.39, 0.29) is 23.4 Å². The van der Waals surface area contributed by atoms with E-state index in [9.17, 15) is 13.2 Å². The lowest BCUT2D eigenvalue weighted by Gasteiger charge is -2.22. The highest BCUT2D eigenvalue weighted by Crippen LogP contribution is 2.30. The molecule has 1 aliphatic heterocycles. The highest BCUT2D eigenvalue weighted by atomic mass is 32.2. The molecule has 0 aliphatic carbocycles. The predicted molar refractivity (Wildman–Crippen MR) is 114 cm³/mol. The second kappa shape index (κ2) is 7.50. The van der Waals surface area contributed by atoms with E-state index >= 15 is 0 Å². The molecule has 0 bridgehead atoms. The molecule has 6 nitrogen and oxygen atoms in total. The number of fused-ring (bicyclic) bond motifs is 2. The normalized spacial score (nSPS) is 14.6. The minimum atomic E-state index is -3.78. The Morgan fingerprint density at radius 3 is 2.69 bits per heavy atom. The minimum absolute atomic E-state index is 0.0627. The Labute approximate surface area is 170 Å². The van der Waals surface area contributed by atoms with Crippen molar-refractivity contribution < 1.29 is 13.2 Å². The summed E-state index contributed by atoms with van der Waals surface area (Å²) in [6.45, 7) is 2.80. The summed E-state index contributed by atoms with van der Waals surface area (Å²) in [5, 5.41) is 10.6. The van der Waals surface area contributed by atoms with Crippen molar-refractivity contribution in [3.8, 4) is 0 Å². The molecule has 0 aromatic heterocycles. The number of primary sulfonamides is 1. The van der Waals surface area contributed by atoms with Gasteiger partial charge in [-0.25, -0.2) is 13.6 Å². The third-order valence-electron chi connectivity index (χ3n) is 5.38. The molecule has 7 heteroatoms. The van der Waals surface area contributed by atoms with Crippen molar-refractivity contribution in [1.29, 1.82) is 0 Å². The van der Waals surface area contributed by atoms with Gasteiger partial charge in [-0.1, -0.05) is 48.5 Å². The van der Waals surface area contributed by atoms with E-state index in [1.807, 2.05) is 36.1 Å². The lowest BCUT2D eigenvalue weighted by molar-refractivity contribution is -0.120. The molecule has 0 saturated carbocycles. The molecule has 150 valence electrons. The van der Waals surface area contributed by atoms with Gasteiger partial charge in [0.25, 0.3) is 0 Å². The van der Waals surface area contributed by atoms with Crippen molar-refractivity contribution in [3.63, 3.8) is 0 Å². The molecule has 3 aromatic carbocycles. The highest BCUT2D eigenvalue weighted by molar-refractivity contribution is 7.89. The summed E-state index contributed by atoms with van der Waals surface area (Å²) in [5.74, 6) is -0.112. The van der Waals surface area contributed by atoms with E-state index in [2.05, 4.69) is 23.5 Å². The van der Waals surface area contributed by atoms with Crippen LogP contribution in [0.1, 0.15) is 24.1 Å². The quantitative estimate of drug-likeness (QED) is 0.678. The van der Waals surface area contributed by atoms with Crippen molar-refractivity contribution >= 4 is 32.4 Å². The van der Waals surface area contributed by atoms with Gasteiger partial charge in [0, 0.05) is 12.2 Å². The summed E-state index contributed by atoms with van der Waals surface area (Å²) in [6, 6.07) is 18.9. The van der Waals surface area contributed by atoms with Gasteiger partial charge in [0.15, 0.2) is 0 Å². The number of hydrogen-bond donors (Lipinski definition) is 2. The Morgan fingerprint density at radius 1 is 1.14 bits per heavy atom. The van der Waals surface area contributed by atoms with Gasteiger partial charge in [-0.2, -0.15) is 0 Å². The Balaban J connectivity index is 1.50. The predicted octanol–water partition coefficient (Wildman–Crippen LogP) is 2.73.